The lowest BCUT2D eigenvalue weighted by Crippen LogP contribution is -2.40. The molecule has 1 aliphatic rings. The summed E-state index contributed by atoms with van der Waals surface area (Å²) in [5.74, 6) is -1.25. The summed E-state index contributed by atoms with van der Waals surface area (Å²) in [4.78, 5) is 41.5. The molecule has 1 fully saturated rings. The Balaban J connectivity index is 1.65. The molecule has 1 aliphatic heterocycles. The first kappa shape index (κ1) is 22.4. The molecule has 8 heteroatoms. The van der Waals surface area contributed by atoms with Crippen LogP contribution in [0.25, 0.3) is 11.1 Å². The predicted molar refractivity (Wildman–Crippen MR) is 118 cm³/mol. The molecule has 3 rings (SSSR count). The summed E-state index contributed by atoms with van der Waals surface area (Å²) in [5.41, 5.74) is 2.75. The van der Waals surface area contributed by atoms with Crippen molar-refractivity contribution in [1.82, 2.24) is 15.2 Å². The molecule has 0 spiro atoms. The highest BCUT2D eigenvalue weighted by Gasteiger charge is 2.23. The quantitative estimate of drug-likeness (QED) is 0.600. The number of nitrogens with zero attached hydrogens (tertiary/aromatic N) is 2. The van der Waals surface area contributed by atoms with Gasteiger partial charge < -0.3 is 20.6 Å². The first-order chi connectivity index (χ1) is 14.9. The summed E-state index contributed by atoms with van der Waals surface area (Å²) in [6.45, 7) is 3.36. The second-order valence-corrected chi connectivity index (χ2v) is 7.83. The molecule has 1 aromatic carbocycles. The van der Waals surface area contributed by atoms with Gasteiger partial charge in [0, 0.05) is 31.8 Å². The normalized spacial score (nSPS) is 16.3. The molecule has 8 nitrogen and oxygen atoms in total. The number of hydrogen-bond donors (Lipinski definition) is 3. The van der Waals surface area contributed by atoms with Crippen molar-refractivity contribution in [3.05, 3.63) is 47.8 Å². The fourth-order valence-electron chi connectivity index (χ4n) is 3.62. The van der Waals surface area contributed by atoms with E-state index in [9.17, 15) is 19.5 Å². The number of carboxylic acid groups (broad SMARTS) is 1. The van der Waals surface area contributed by atoms with Crippen LogP contribution in [0.15, 0.2) is 36.5 Å². The van der Waals surface area contributed by atoms with Crippen molar-refractivity contribution in [2.45, 2.75) is 26.2 Å². The molecule has 0 aliphatic carbocycles. The topological polar surface area (TPSA) is 112 Å². The Labute approximate surface area is 181 Å². The summed E-state index contributed by atoms with van der Waals surface area (Å²) in [5, 5.41) is 15.2. The Morgan fingerprint density at radius 3 is 2.77 bits per heavy atom. The van der Waals surface area contributed by atoms with Gasteiger partial charge in [-0.25, -0.2) is 9.78 Å². The van der Waals surface area contributed by atoms with Crippen molar-refractivity contribution in [3.8, 4) is 11.1 Å². The average Bonchev–Trinajstić information content (AvgIpc) is 2.76. The second-order valence-electron chi connectivity index (χ2n) is 7.83. The van der Waals surface area contributed by atoms with Gasteiger partial charge in [0.1, 0.15) is 0 Å². The van der Waals surface area contributed by atoms with Crippen molar-refractivity contribution in [1.29, 1.82) is 0 Å². The Morgan fingerprint density at radius 1 is 1.26 bits per heavy atom. The van der Waals surface area contributed by atoms with E-state index in [0.29, 0.717) is 13.0 Å². The molecule has 3 N–H and O–H groups in total. The van der Waals surface area contributed by atoms with E-state index in [2.05, 4.69) is 22.5 Å². The summed E-state index contributed by atoms with van der Waals surface area (Å²) < 4.78 is 0. The molecule has 1 atom stereocenters. The number of likely N-dealkylation sites (tertiary alicyclic amines) is 1. The molecule has 1 aromatic heterocycles. The minimum Gasteiger partial charge on any atom is -0.476 e. The highest BCUT2D eigenvalue weighted by atomic mass is 16.4. The number of piperidine rings is 1. The number of carbonyl (C=O) groups excluding carboxylic acids is 2. The van der Waals surface area contributed by atoms with Crippen molar-refractivity contribution < 1.29 is 19.5 Å². The number of aromatic carboxylic acids is 1. The van der Waals surface area contributed by atoms with E-state index in [1.165, 1.54) is 6.20 Å². The number of nitrogens with one attached hydrogen (secondary N) is 2. The van der Waals surface area contributed by atoms with Crippen LogP contribution in [-0.4, -0.2) is 59.5 Å². The summed E-state index contributed by atoms with van der Waals surface area (Å²) in [6, 6.07) is 9.54. The van der Waals surface area contributed by atoms with Crippen LogP contribution >= 0.6 is 0 Å². The standard InChI is InChI=1S/C23H28N4O4/c1-3-15-5-4-6-17(9-15)18-11-19(22(23(30)31)25-13-18)26-20(28)14-24-12-16-7-8-27(2)21(29)10-16/h4-6,9,11,13,16,24H,3,7-8,10,12,14H2,1-2H3,(H,26,28)(H,30,31). The third kappa shape index (κ3) is 5.88. The monoisotopic (exact) mass is 424 g/mol. The van der Waals surface area contributed by atoms with E-state index in [4.69, 9.17) is 0 Å². The zero-order valence-electron chi connectivity index (χ0n) is 17.9. The van der Waals surface area contributed by atoms with E-state index in [0.717, 1.165) is 36.1 Å². The lowest BCUT2D eigenvalue weighted by atomic mass is 9.96. The van der Waals surface area contributed by atoms with Crippen molar-refractivity contribution >= 4 is 23.5 Å². The average molecular weight is 425 g/mol. The Bertz CT molecular complexity index is 976. The van der Waals surface area contributed by atoms with Gasteiger partial charge in [-0.15, -0.1) is 0 Å². The predicted octanol–water partition coefficient (Wildman–Crippen LogP) is 2.41. The lowest BCUT2D eigenvalue weighted by Gasteiger charge is -2.28. The first-order valence-corrected chi connectivity index (χ1v) is 10.4. The van der Waals surface area contributed by atoms with Crippen LogP contribution in [0.3, 0.4) is 0 Å². The number of aryl methyl sites for hydroxylation is 1. The van der Waals surface area contributed by atoms with Crippen molar-refractivity contribution in [2.24, 2.45) is 5.92 Å². The summed E-state index contributed by atoms with van der Waals surface area (Å²) >= 11 is 0. The molecule has 0 radical (unpaired) electrons. The maximum Gasteiger partial charge on any atom is 0.356 e. The van der Waals surface area contributed by atoms with E-state index >= 15 is 0 Å². The van der Waals surface area contributed by atoms with Crippen LogP contribution in [0.5, 0.6) is 0 Å². The minimum atomic E-state index is -1.21. The van der Waals surface area contributed by atoms with Gasteiger partial charge in [-0.3, -0.25) is 9.59 Å². The molecule has 1 unspecified atom stereocenters. The Hall–Kier alpha value is -3.26. The van der Waals surface area contributed by atoms with E-state index in [1.807, 2.05) is 24.3 Å². The fraction of sp³-hybridized carbons (Fsp3) is 0.391. The highest BCUT2D eigenvalue weighted by molar-refractivity contribution is 6.00. The largest absolute Gasteiger partial charge is 0.476 e. The number of amides is 2. The number of hydrogen-bond acceptors (Lipinski definition) is 5. The number of benzene rings is 1. The molecular formula is C23H28N4O4. The maximum atomic E-state index is 12.4. The summed E-state index contributed by atoms with van der Waals surface area (Å²) in [7, 11) is 1.79. The molecule has 2 amide bonds. The van der Waals surface area contributed by atoms with Gasteiger partial charge >= 0.3 is 5.97 Å². The highest BCUT2D eigenvalue weighted by Crippen LogP contribution is 2.25. The number of carbonyl (C=O) groups is 3. The van der Waals surface area contributed by atoms with E-state index in [-0.39, 0.29) is 35.7 Å². The van der Waals surface area contributed by atoms with Crippen LogP contribution < -0.4 is 10.6 Å². The molecular weight excluding hydrogens is 396 g/mol. The molecule has 0 bridgehead atoms. The summed E-state index contributed by atoms with van der Waals surface area (Å²) in [6.07, 6.45) is 3.75. The van der Waals surface area contributed by atoms with Crippen LogP contribution in [-0.2, 0) is 16.0 Å². The van der Waals surface area contributed by atoms with Gasteiger partial charge in [0.05, 0.1) is 12.2 Å². The Kier molecular flexibility index (Phi) is 7.36. The number of pyridine rings is 1. The van der Waals surface area contributed by atoms with Gasteiger partial charge in [0.15, 0.2) is 5.69 Å². The molecule has 2 aromatic rings. The third-order valence-electron chi connectivity index (χ3n) is 5.51. The smallest absolute Gasteiger partial charge is 0.356 e. The number of anilines is 1. The molecule has 0 saturated carbocycles. The van der Waals surface area contributed by atoms with E-state index < -0.39 is 5.97 Å². The van der Waals surface area contributed by atoms with Gasteiger partial charge in [-0.05, 0) is 42.5 Å². The number of aromatic nitrogens is 1. The van der Waals surface area contributed by atoms with Gasteiger partial charge in [0.2, 0.25) is 11.8 Å². The minimum absolute atomic E-state index is 0.0230. The molecule has 31 heavy (non-hydrogen) atoms. The molecule has 1 saturated heterocycles. The van der Waals surface area contributed by atoms with Crippen LogP contribution in [0, 0.1) is 5.92 Å². The van der Waals surface area contributed by atoms with Crippen molar-refractivity contribution in [3.63, 3.8) is 0 Å². The molecule has 164 valence electrons. The first-order valence-electron chi connectivity index (χ1n) is 10.4. The van der Waals surface area contributed by atoms with Crippen LogP contribution in [0.2, 0.25) is 0 Å². The van der Waals surface area contributed by atoms with Crippen LogP contribution in [0.1, 0.15) is 35.8 Å². The Morgan fingerprint density at radius 2 is 2.06 bits per heavy atom. The zero-order chi connectivity index (χ0) is 22.4. The van der Waals surface area contributed by atoms with Gasteiger partial charge in [-0.2, -0.15) is 0 Å². The zero-order valence-corrected chi connectivity index (χ0v) is 17.9. The number of rotatable bonds is 8. The van der Waals surface area contributed by atoms with Gasteiger partial charge in [-0.1, -0.05) is 31.2 Å². The second kappa shape index (κ2) is 10.2. The van der Waals surface area contributed by atoms with Crippen molar-refractivity contribution in [2.75, 3.05) is 32.0 Å². The molecule has 2 heterocycles. The van der Waals surface area contributed by atoms with Crippen LogP contribution in [0.4, 0.5) is 5.69 Å². The maximum absolute atomic E-state index is 12.4. The SMILES string of the molecule is CCc1cccc(-c2cnc(C(=O)O)c(NC(=O)CNCC3CCN(C)C(=O)C3)c2)c1. The third-order valence-corrected chi connectivity index (χ3v) is 5.51. The fourth-order valence-corrected chi connectivity index (χ4v) is 3.62. The van der Waals surface area contributed by atoms with Gasteiger partial charge in [0.25, 0.3) is 0 Å². The lowest BCUT2D eigenvalue weighted by molar-refractivity contribution is -0.133. The number of carboxylic acids is 1. The van der Waals surface area contributed by atoms with E-state index in [1.54, 1.807) is 18.0 Å².